The molecule has 0 aromatic rings. The Kier molecular flexibility index (Phi) is 5.08. The van der Waals surface area contributed by atoms with E-state index in [0.717, 1.165) is 12.8 Å². The summed E-state index contributed by atoms with van der Waals surface area (Å²) in [6.45, 7) is 1.19. The van der Waals surface area contributed by atoms with Crippen LogP contribution in [0, 0.1) is 17.2 Å². The number of nitriles is 1. The third-order valence-electron chi connectivity index (χ3n) is 2.53. The molecule has 1 rings (SSSR count). The molecule has 1 amide bonds. The zero-order valence-electron chi connectivity index (χ0n) is 8.74. The molecule has 0 bridgehead atoms. The Morgan fingerprint density at radius 3 is 2.93 bits per heavy atom. The van der Waals surface area contributed by atoms with E-state index in [9.17, 15) is 4.79 Å². The zero-order chi connectivity index (χ0) is 11.1. The molecule has 1 aliphatic rings. The summed E-state index contributed by atoms with van der Waals surface area (Å²) >= 11 is 0. The van der Waals surface area contributed by atoms with Gasteiger partial charge in [-0.05, 0) is 25.3 Å². The van der Waals surface area contributed by atoms with Gasteiger partial charge in [-0.2, -0.15) is 5.26 Å². The molecule has 5 nitrogen and oxygen atoms in total. The van der Waals surface area contributed by atoms with Gasteiger partial charge in [-0.1, -0.05) is 0 Å². The smallest absolute Gasteiger partial charge is 0.246 e. The topological polar surface area (TPSA) is 88.1 Å². The molecular weight excluding hydrogens is 194 g/mol. The van der Waals surface area contributed by atoms with E-state index in [4.69, 9.17) is 15.7 Å². The van der Waals surface area contributed by atoms with Gasteiger partial charge in [0.2, 0.25) is 5.91 Å². The predicted molar refractivity (Wildman–Crippen MR) is 54.8 cm³/mol. The number of carbonyl (C=O) groups is 1. The summed E-state index contributed by atoms with van der Waals surface area (Å²) in [4.78, 5) is 11.1. The number of nitrogens with zero attached hydrogens (tertiary/aromatic N) is 1. The summed E-state index contributed by atoms with van der Waals surface area (Å²) in [7, 11) is 0. The van der Waals surface area contributed by atoms with Crippen molar-refractivity contribution in [2.24, 2.45) is 11.7 Å². The van der Waals surface area contributed by atoms with Crippen LogP contribution in [-0.4, -0.2) is 31.7 Å². The minimum absolute atomic E-state index is 0.0907. The zero-order valence-corrected chi connectivity index (χ0v) is 8.74. The van der Waals surface area contributed by atoms with Crippen molar-refractivity contribution in [1.82, 2.24) is 5.32 Å². The van der Waals surface area contributed by atoms with Crippen LogP contribution in [0.1, 0.15) is 19.3 Å². The lowest BCUT2D eigenvalue weighted by Crippen LogP contribution is -2.38. The van der Waals surface area contributed by atoms with Crippen molar-refractivity contribution in [3.63, 3.8) is 0 Å². The highest BCUT2D eigenvalue weighted by molar-refractivity contribution is 5.77. The molecule has 5 heteroatoms. The molecule has 0 heterocycles. The van der Waals surface area contributed by atoms with Gasteiger partial charge in [0, 0.05) is 6.54 Å². The van der Waals surface area contributed by atoms with Crippen LogP contribution in [0.25, 0.3) is 0 Å². The molecule has 0 radical (unpaired) electrons. The van der Waals surface area contributed by atoms with Crippen molar-refractivity contribution in [3.05, 3.63) is 0 Å². The maximum absolute atomic E-state index is 11.1. The Labute approximate surface area is 89.6 Å². The molecule has 84 valence electrons. The maximum atomic E-state index is 11.1. The van der Waals surface area contributed by atoms with Gasteiger partial charge in [-0.15, -0.1) is 0 Å². The van der Waals surface area contributed by atoms with Crippen LogP contribution in [0.2, 0.25) is 0 Å². The number of amides is 1. The van der Waals surface area contributed by atoms with Crippen LogP contribution in [0.5, 0.6) is 0 Å². The number of hydrogen-bond donors (Lipinski definition) is 2. The van der Waals surface area contributed by atoms with Gasteiger partial charge in [0.1, 0.15) is 6.61 Å². The molecule has 0 aromatic carbocycles. The fourth-order valence-electron chi connectivity index (χ4n) is 1.51. The second kappa shape index (κ2) is 6.38. The van der Waals surface area contributed by atoms with Crippen molar-refractivity contribution in [2.75, 3.05) is 19.7 Å². The molecule has 0 aliphatic heterocycles. The average Bonchev–Trinajstić information content (AvgIpc) is 2.16. The highest BCUT2D eigenvalue weighted by Crippen LogP contribution is 2.28. The van der Waals surface area contributed by atoms with E-state index < -0.39 is 0 Å². The Bertz CT molecular complexity index is 244. The lowest BCUT2D eigenvalue weighted by atomic mass is 9.82. The van der Waals surface area contributed by atoms with Crippen molar-refractivity contribution in [2.45, 2.75) is 25.4 Å². The number of rotatable bonds is 6. The first-order valence-corrected chi connectivity index (χ1v) is 5.21. The normalized spacial score (nSPS) is 24.0. The highest BCUT2D eigenvalue weighted by Gasteiger charge is 2.28. The van der Waals surface area contributed by atoms with Gasteiger partial charge in [-0.25, -0.2) is 0 Å². The Balaban J connectivity index is 1.96. The molecule has 1 fully saturated rings. The first kappa shape index (κ1) is 12.0. The predicted octanol–water partition coefficient (Wildman–Crippen LogP) is -0.230. The van der Waals surface area contributed by atoms with Crippen molar-refractivity contribution in [3.8, 4) is 6.07 Å². The summed E-state index contributed by atoms with van der Waals surface area (Å²) in [5.41, 5.74) is 5.47. The molecule has 1 aliphatic carbocycles. The summed E-state index contributed by atoms with van der Waals surface area (Å²) in [6.07, 6.45) is 2.45. The van der Waals surface area contributed by atoms with Gasteiger partial charge in [0.05, 0.1) is 18.6 Å². The summed E-state index contributed by atoms with van der Waals surface area (Å²) in [5, 5.41) is 10.9. The Morgan fingerprint density at radius 1 is 1.60 bits per heavy atom. The second-order valence-electron chi connectivity index (χ2n) is 3.76. The maximum Gasteiger partial charge on any atom is 0.246 e. The second-order valence-corrected chi connectivity index (χ2v) is 3.76. The Morgan fingerprint density at radius 2 is 2.33 bits per heavy atom. The van der Waals surface area contributed by atoms with Crippen LogP contribution in [-0.2, 0) is 9.53 Å². The third kappa shape index (κ3) is 4.28. The molecule has 1 saturated carbocycles. The quantitative estimate of drug-likeness (QED) is 0.594. The van der Waals surface area contributed by atoms with E-state index in [-0.39, 0.29) is 18.6 Å². The number of nitrogens with two attached hydrogens (primary N) is 1. The van der Waals surface area contributed by atoms with E-state index in [1.165, 1.54) is 0 Å². The lowest BCUT2D eigenvalue weighted by molar-refractivity contribution is -0.130. The number of nitrogens with one attached hydrogen (secondary N) is 1. The minimum atomic E-state index is -0.151. The molecule has 0 saturated heterocycles. The monoisotopic (exact) mass is 211 g/mol. The average molecular weight is 211 g/mol. The van der Waals surface area contributed by atoms with Crippen molar-refractivity contribution in [1.29, 1.82) is 5.26 Å². The van der Waals surface area contributed by atoms with Crippen LogP contribution in [0.4, 0.5) is 0 Å². The van der Waals surface area contributed by atoms with Crippen LogP contribution < -0.4 is 11.1 Å². The Hall–Kier alpha value is -1.12. The molecule has 3 N–H and O–H groups in total. The third-order valence-corrected chi connectivity index (χ3v) is 2.53. The summed E-state index contributed by atoms with van der Waals surface area (Å²) in [6, 6.07) is 1.95. The highest BCUT2D eigenvalue weighted by atomic mass is 16.5. The van der Waals surface area contributed by atoms with Gasteiger partial charge in [-0.3, -0.25) is 4.79 Å². The number of hydrogen-bond acceptors (Lipinski definition) is 4. The SMILES string of the molecule is N#CCCNC(=O)COC1CC(CN)C1. The van der Waals surface area contributed by atoms with Gasteiger partial charge < -0.3 is 15.8 Å². The van der Waals surface area contributed by atoms with E-state index in [1.807, 2.05) is 6.07 Å². The molecule has 0 atom stereocenters. The number of ether oxygens (including phenoxy) is 1. The van der Waals surface area contributed by atoms with Crippen molar-refractivity contribution < 1.29 is 9.53 Å². The molecule has 0 unspecified atom stereocenters. The van der Waals surface area contributed by atoms with Crippen LogP contribution in [0.3, 0.4) is 0 Å². The van der Waals surface area contributed by atoms with Crippen LogP contribution >= 0.6 is 0 Å². The first-order valence-electron chi connectivity index (χ1n) is 5.21. The molecule has 0 spiro atoms. The van der Waals surface area contributed by atoms with E-state index in [0.29, 0.717) is 25.4 Å². The van der Waals surface area contributed by atoms with E-state index >= 15 is 0 Å². The molecule has 15 heavy (non-hydrogen) atoms. The summed E-state index contributed by atoms with van der Waals surface area (Å²) < 4.78 is 5.35. The fraction of sp³-hybridized carbons (Fsp3) is 0.800. The van der Waals surface area contributed by atoms with Crippen LogP contribution in [0.15, 0.2) is 0 Å². The fourth-order valence-corrected chi connectivity index (χ4v) is 1.51. The summed E-state index contributed by atoms with van der Waals surface area (Å²) in [5.74, 6) is 0.415. The van der Waals surface area contributed by atoms with Gasteiger partial charge >= 0.3 is 0 Å². The van der Waals surface area contributed by atoms with E-state index in [2.05, 4.69) is 5.32 Å². The molecule has 0 aromatic heterocycles. The minimum Gasteiger partial charge on any atom is -0.368 e. The van der Waals surface area contributed by atoms with E-state index in [1.54, 1.807) is 0 Å². The lowest BCUT2D eigenvalue weighted by Gasteiger charge is -2.33. The number of carbonyl (C=O) groups excluding carboxylic acids is 1. The van der Waals surface area contributed by atoms with Crippen molar-refractivity contribution >= 4 is 5.91 Å². The van der Waals surface area contributed by atoms with Gasteiger partial charge in [0.15, 0.2) is 0 Å². The molecular formula is C10H17N3O2. The van der Waals surface area contributed by atoms with Gasteiger partial charge in [0.25, 0.3) is 0 Å². The standard InChI is InChI=1S/C10H17N3O2/c11-2-1-3-13-10(14)7-15-9-4-8(5-9)6-12/h8-9H,1,3-7,12H2,(H,13,14). The largest absolute Gasteiger partial charge is 0.368 e. The first-order chi connectivity index (χ1) is 7.26.